The maximum absolute atomic E-state index is 15.6. The van der Waals surface area contributed by atoms with Gasteiger partial charge in [0.2, 0.25) is 94.5 Å². The average molecular weight is 2090 g/mol. The molecule has 7 aromatic rings. The Bertz CT molecular complexity index is 5710. The number of phenols is 1. The van der Waals surface area contributed by atoms with Gasteiger partial charge in [0.15, 0.2) is 5.96 Å². The lowest BCUT2D eigenvalue weighted by Gasteiger charge is -2.30. The number of aromatic hydroxyl groups is 1. The Balaban J connectivity index is 1.14. The number of carboxylic acids is 3. The van der Waals surface area contributed by atoms with E-state index in [-0.39, 0.29) is 88.7 Å². The largest absolute Gasteiger partial charge is 0.508 e. The Morgan fingerprint density at radius 2 is 0.740 bits per heavy atom. The van der Waals surface area contributed by atoms with Gasteiger partial charge in [0, 0.05) is 80.5 Å². The summed E-state index contributed by atoms with van der Waals surface area (Å²) in [5, 5.41) is 100. The Hall–Kier alpha value is -16.3. The number of benzene rings is 5. The second-order valence-corrected chi connectivity index (χ2v) is 36.9. The highest BCUT2D eigenvalue weighted by Crippen LogP contribution is 2.23. The number of hydrogen-bond acceptors (Lipinski definition) is 26. The second kappa shape index (κ2) is 62.0. The molecule has 812 valence electrons. The molecule has 0 spiro atoms. The summed E-state index contributed by atoms with van der Waals surface area (Å²) in [4.78, 5) is 279. The number of nitrogens with zero attached hydrogens (tertiary/aromatic N) is 1. The van der Waals surface area contributed by atoms with Gasteiger partial charge < -0.3 is 149 Å². The van der Waals surface area contributed by atoms with E-state index in [0.29, 0.717) is 58.1 Å². The fraction of sp³-hybridized carbons (Fsp3) is 0.455. The van der Waals surface area contributed by atoms with Gasteiger partial charge in [-0.05, 0) is 148 Å². The van der Waals surface area contributed by atoms with E-state index in [1.165, 1.54) is 77.6 Å². The quantitative estimate of drug-likeness (QED) is 0.00998. The molecule has 0 aliphatic carbocycles. The van der Waals surface area contributed by atoms with Gasteiger partial charge in [-0.3, -0.25) is 91.7 Å². The molecule has 0 fully saturated rings. The fourth-order valence-electron chi connectivity index (χ4n) is 15.9. The van der Waals surface area contributed by atoms with Crippen molar-refractivity contribution < 1.29 is 117 Å². The van der Waals surface area contributed by atoms with Gasteiger partial charge in [0.05, 0.1) is 25.4 Å². The summed E-state index contributed by atoms with van der Waals surface area (Å²) in [6, 6.07) is 10.8. The zero-order valence-electron chi connectivity index (χ0n) is 84.0. The van der Waals surface area contributed by atoms with Crippen molar-refractivity contribution in [1.82, 2.24) is 100 Å². The minimum atomic E-state index is -2.14. The topological polar surface area (TPSA) is 816 Å². The summed E-state index contributed by atoms with van der Waals surface area (Å²) in [5.41, 5.74) is 31.8. The van der Waals surface area contributed by atoms with Crippen molar-refractivity contribution in [2.75, 3.05) is 26.2 Å². The van der Waals surface area contributed by atoms with Gasteiger partial charge in [-0.15, -0.1) is 0 Å². The monoisotopic (exact) mass is 2090 g/mol. The summed E-state index contributed by atoms with van der Waals surface area (Å²) >= 11 is 0. The van der Waals surface area contributed by atoms with Gasteiger partial charge >= 0.3 is 17.9 Å². The number of nitrogens with one attached hydrogen (secondary N) is 19. The summed E-state index contributed by atoms with van der Waals surface area (Å²) in [6.07, 6.45) is 0.0714. The van der Waals surface area contributed by atoms with Crippen molar-refractivity contribution in [2.24, 2.45) is 40.5 Å². The molecule has 0 radical (unpaired) electrons. The molecular formula is C101H139N25O24. The standard InChI is InChI=1S/C101H139N25O24/c1-55(2)83(98(147)116-69(32-21-43-109-101(106)107)88(137)114-70(37-39-80(105)129)90(139)125-84(56(3)4)99(148)124-79(53-127)97(146)113-68(30-17-19-41-102)89(138)117-72(100(149)150)31-18-20-42-103)126-96(145)75(46-60-26-13-8-14-27-60)121-93(142)76(48-62-51-110-67-29-16-15-28-65(62)67)122-95(144)78(50-82(132)133)123-92(141)74(47-61-33-35-64(128)36-34-61)120-91(140)73(45-59-24-11-7-12-25-59)118-85(134)57(5)112-87(136)71(38-40-81(130)131)115-94(143)77(49-63-52-108-54-111-63)119-86(135)66(104)44-58-22-9-6-10-23-58/h6-16,22-29,33-36,51-52,54-57,66,68-79,83-84,110,127-128H,17-21,30-32,37-50,53,102-104H2,1-5H3,(H2,105,129)(H,108,111)(H,112,136)(H,113,146)(H,114,137)(H,115,143)(H,116,147)(H,117,138)(H,118,134)(H,119,135)(H,120,140)(H,121,142)(H,122,144)(H,123,141)(H,124,148)(H,125,139)(H,126,145)(H,130,131)(H,132,133)(H,149,150)(H4,106,107,109)/t57-,66-,68-,69-,70-,71-,72-,73-,74-,75-,76-,77-,78-,79-,83-,84-/m0/s1. The number of carbonyl (C=O) groups excluding carboxylic acids is 16. The number of aromatic amines is 2. The summed E-state index contributed by atoms with van der Waals surface area (Å²) < 4.78 is 0. The molecule has 0 saturated carbocycles. The van der Waals surface area contributed by atoms with Crippen molar-refractivity contribution in [3.8, 4) is 5.75 Å². The van der Waals surface area contributed by atoms with Gasteiger partial charge in [-0.2, -0.15) is 0 Å². The van der Waals surface area contributed by atoms with Crippen molar-refractivity contribution in [2.45, 2.75) is 253 Å². The third-order valence-corrected chi connectivity index (χ3v) is 24.2. The first kappa shape index (κ1) is 121. The number of phenolic OH excluding ortho intramolecular Hbond substituents is 1. The van der Waals surface area contributed by atoms with Gasteiger partial charge in [-0.25, -0.2) is 9.78 Å². The number of guanidine groups is 1. The number of primary amides is 1. The second-order valence-electron chi connectivity index (χ2n) is 36.9. The molecule has 16 atom stereocenters. The van der Waals surface area contributed by atoms with Crippen LogP contribution >= 0.6 is 0 Å². The Morgan fingerprint density at radius 1 is 0.367 bits per heavy atom. The highest BCUT2D eigenvalue weighted by Gasteiger charge is 2.41. The molecule has 49 nitrogen and oxygen atoms in total. The van der Waals surface area contributed by atoms with Crippen LogP contribution in [0.1, 0.15) is 152 Å². The average Bonchev–Trinajstić information content (AvgIpc) is 1.67. The predicted octanol–water partition coefficient (Wildman–Crippen LogP) is -3.51. The lowest BCUT2D eigenvalue weighted by atomic mass is 9.99. The van der Waals surface area contributed by atoms with Crippen molar-refractivity contribution in [3.05, 3.63) is 192 Å². The minimum Gasteiger partial charge on any atom is -0.508 e. The maximum atomic E-state index is 15.6. The molecule has 5 aromatic carbocycles. The van der Waals surface area contributed by atoms with E-state index in [9.17, 15) is 87.9 Å². The normalized spacial score (nSPS) is 14.4. The third kappa shape index (κ3) is 41.2. The summed E-state index contributed by atoms with van der Waals surface area (Å²) in [5.74, 6) is -23.7. The predicted molar refractivity (Wildman–Crippen MR) is 546 cm³/mol. The van der Waals surface area contributed by atoms with Gasteiger partial charge in [0.25, 0.3) is 0 Å². The highest BCUT2D eigenvalue weighted by atomic mass is 16.4. The first-order chi connectivity index (χ1) is 71.4. The number of para-hydroxylation sites is 1. The van der Waals surface area contributed by atoms with E-state index in [1.807, 2.05) is 0 Å². The number of H-pyrrole nitrogens is 2. The number of carbonyl (C=O) groups is 19. The number of aliphatic hydroxyl groups excluding tert-OH is 1. The number of imidazole rings is 1. The zero-order chi connectivity index (χ0) is 110. The minimum absolute atomic E-state index is 0.00816. The number of fused-ring (bicyclic) bond motifs is 1. The zero-order valence-corrected chi connectivity index (χ0v) is 84.0. The first-order valence-electron chi connectivity index (χ1n) is 49.2. The van der Waals surface area contributed by atoms with E-state index in [2.05, 4.69) is 100 Å². The number of aliphatic hydroxyl groups is 1. The SMILES string of the molecule is CC(C)[C@H](NC(=O)[C@H](Cc1ccccc1)NC(=O)[C@H](Cc1c[nH]c2ccccc12)NC(=O)[C@H](CC(=O)O)NC(=O)[C@H](Cc1ccc(O)cc1)NC(=O)[C@H](Cc1ccccc1)NC(=O)[C@H](C)NC(=O)[C@H](CCC(=O)O)NC(=O)[C@H](Cc1cnc[nH]1)NC(=O)[C@@H](N)Cc1ccccc1)C(=O)N[C@@H](CCCNC(=N)N)C(=O)N[C@@H](CCC(N)=O)C(=O)N[C@H](C(=O)N[C@@H](CO)C(=O)N[C@@H](CCCCN)C(=O)N[C@@H](CCCCN)C(=O)O)C(C)C. The van der Waals surface area contributed by atoms with Crippen LogP contribution in [0.3, 0.4) is 0 Å². The lowest BCUT2D eigenvalue weighted by Crippen LogP contribution is -2.62. The van der Waals surface area contributed by atoms with Crippen molar-refractivity contribution in [1.29, 1.82) is 5.41 Å². The molecule has 49 heteroatoms. The van der Waals surface area contributed by atoms with Gasteiger partial charge in [-0.1, -0.05) is 149 Å². The van der Waals surface area contributed by atoms with Crippen molar-refractivity contribution in [3.63, 3.8) is 0 Å². The Kier molecular flexibility index (Phi) is 49.8. The molecule has 0 aliphatic rings. The molecule has 0 unspecified atom stereocenters. The number of hydrogen-bond donors (Lipinski definition) is 29. The number of carboxylic acid groups (broad SMARTS) is 3. The molecule has 0 saturated heterocycles. The number of aromatic nitrogens is 3. The molecule has 0 bridgehead atoms. The molecule has 0 aliphatic heterocycles. The van der Waals surface area contributed by atoms with Gasteiger partial charge in [0.1, 0.15) is 96.4 Å². The molecule has 150 heavy (non-hydrogen) atoms. The molecule has 34 N–H and O–H groups in total. The van der Waals surface area contributed by atoms with Crippen LogP contribution in [-0.4, -0.2) is 282 Å². The molecule has 7 rings (SSSR count). The molecule has 2 heterocycles. The number of nitrogens with two attached hydrogens (primary N) is 5. The Labute approximate surface area is 864 Å². The molecular weight excluding hydrogens is 1950 g/mol. The van der Waals surface area contributed by atoms with E-state index in [0.717, 1.165) is 0 Å². The maximum Gasteiger partial charge on any atom is 0.326 e. The fourth-order valence-corrected chi connectivity index (χ4v) is 15.9. The van der Waals surface area contributed by atoms with E-state index >= 15 is 28.8 Å². The van der Waals surface area contributed by atoms with Crippen LogP contribution in [0.15, 0.2) is 158 Å². The number of rotatable bonds is 66. The lowest BCUT2D eigenvalue weighted by molar-refractivity contribution is -0.143. The third-order valence-electron chi connectivity index (χ3n) is 24.2. The van der Waals surface area contributed by atoms with Crippen LogP contribution in [0.2, 0.25) is 0 Å². The van der Waals surface area contributed by atoms with Crippen LogP contribution in [0.4, 0.5) is 0 Å². The number of unbranched alkanes of at least 4 members (excludes halogenated alkanes) is 2. The van der Waals surface area contributed by atoms with E-state index in [1.54, 1.807) is 115 Å². The first-order valence-corrected chi connectivity index (χ1v) is 49.2. The van der Waals surface area contributed by atoms with Crippen LogP contribution in [-0.2, 0) is 130 Å². The Morgan fingerprint density at radius 3 is 1.20 bits per heavy atom. The van der Waals surface area contributed by atoms with Crippen LogP contribution < -0.4 is 114 Å². The highest BCUT2D eigenvalue weighted by molar-refractivity contribution is 6.02. The van der Waals surface area contributed by atoms with Crippen LogP contribution in [0.25, 0.3) is 10.9 Å². The smallest absolute Gasteiger partial charge is 0.326 e. The summed E-state index contributed by atoms with van der Waals surface area (Å²) in [6.45, 7) is 6.54. The van der Waals surface area contributed by atoms with Crippen LogP contribution in [0.5, 0.6) is 5.75 Å². The number of amides is 16. The van der Waals surface area contributed by atoms with E-state index in [4.69, 9.17) is 34.1 Å². The van der Waals surface area contributed by atoms with Crippen molar-refractivity contribution >= 4 is 129 Å². The number of aliphatic carboxylic acids is 3. The summed E-state index contributed by atoms with van der Waals surface area (Å²) in [7, 11) is 0. The van der Waals surface area contributed by atoms with E-state index < -0.39 is 278 Å². The molecule has 16 amide bonds. The molecule has 2 aromatic heterocycles. The van der Waals surface area contributed by atoms with Crippen LogP contribution in [0, 0.1) is 17.2 Å².